The molecular formula is C26H27ClN4O3S. The summed E-state index contributed by atoms with van der Waals surface area (Å²) in [4.78, 5) is 34.8. The van der Waals surface area contributed by atoms with E-state index in [1.165, 1.54) is 11.8 Å². The first-order valence-electron chi connectivity index (χ1n) is 11.2. The van der Waals surface area contributed by atoms with E-state index in [9.17, 15) is 9.59 Å². The topological polar surface area (TPSA) is 74.2 Å². The lowest BCUT2D eigenvalue weighted by molar-refractivity contribution is -0.129. The summed E-state index contributed by atoms with van der Waals surface area (Å²) in [6.45, 7) is 4.39. The largest absolute Gasteiger partial charge is 0.497 e. The number of ether oxygens (including phenoxy) is 1. The summed E-state index contributed by atoms with van der Waals surface area (Å²) in [5.41, 5.74) is 3.39. The van der Waals surface area contributed by atoms with E-state index < -0.39 is 6.04 Å². The van der Waals surface area contributed by atoms with Gasteiger partial charge in [-0.25, -0.2) is 4.99 Å². The molecule has 2 heterocycles. The predicted octanol–water partition coefficient (Wildman–Crippen LogP) is 5.43. The first kappa shape index (κ1) is 24.9. The number of aliphatic imine (C=N–C) groups is 1. The highest BCUT2D eigenvalue weighted by molar-refractivity contribution is 8.16. The van der Waals surface area contributed by atoms with Crippen molar-refractivity contribution in [3.63, 3.8) is 0 Å². The van der Waals surface area contributed by atoms with Crippen LogP contribution in [0.2, 0.25) is 5.02 Å². The lowest BCUT2D eigenvalue weighted by Crippen LogP contribution is -2.39. The van der Waals surface area contributed by atoms with E-state index in [1.807, 2.05) is 42.4 Å². The molecule has 0 fully saturated rings. The van der Waals surface area contributed by atoms with Crippen LogP contribution in [0.15, 0.2) is 75.9 Å². The zero-order valence-electron chi connectivity index (χ0n) is 20.0. The van der Waals surface area contributed by atoms with Gasteiger partial charge < -0.3 is 19.9 Å². The highest BCUT2D eigenvalue weighted by Crippen LogP contribution is 2.45. The number of hydrogen-bond donors (Lipinski definition) is 1. The van der Waals surface area contributed by atoms with Crippen molar-refractivity contribution in [2.24, 2.45) is 4.99 Å². The fourth-order valence-corrected chi connectivity index (χ4v) is 5.15. The quantitative estimate of drug-likeness (QED) is 0.537. The van der Waals surface area contributed by atoms with Gasteiger partial charge in [-0.2, -0.15) is 0 Å². The van der Waals surface area contributed by atoms with Crippen LogP contribution in [0.4, 0.5) is 5.69 Å². The molecule has 0 radical (unpaired) electrons. The zero-order valence-corrected chi connectivity index (χ0v) is 21.6. The number of fused-ring (bicyclic) bond motifs is 1. The zero-order chi connectivity index (χ0) is 25.1. The van der Waals surface area contributed by atoms with Gasteiger partial charge >= 0.3 is 0 Å². The van der Waals surface area contributed by atoms with Crippen LogP contribution in [0.1, 0.15) is 31.9 Å². The van der Waals surface area contributed by atoms with Crippen LogP contribution in [-0.2, 0) is 9.59 Å². The summed E-state index contributed by atoms with van der Waals surface area (Å²) >= 11 is 7.81. The van der Waals surface area contributed by atoms with Gasteiger partial charge in [0.25, 0.3) is 5.91 Å². The van der Waals surface area contributed by atoms with Gasteiger partial charge in [0.15, 0.2) is 5.17 Å². The van der Waals surface area contributed by atoms with Crippen LogP contribution in [0.25, 0.3) is 0 Å². The monoisotopic (exact) mass is 510 g/mol. The standard InChI is InChI=1S/C26H27ClN4O3S/c1-5-30(3)22(32)14-20-15-35-26-28-16(2)23(24(31(20)26)17-7-6-8-18(27)13-17)25(33)29-19-9-11-21(34-4)12-10-19/h6-13,15,24H,5,14H2,1-4H3,(H,29,33). The number of nitrogens with zero attached hydrogens (tertiary/aromatic N) is 3. The van der Waals surface area contributed by atoms with Gasteiger partial charge in [0, 0.05) is 30.0 Å². The van der Waals surface area contributed by atoms with Crippen LogP contribution in [0.5, 0.6) is 5.75 Å². The summed E-state index contributed by atoms with van der Waals surface area (Å²) in [6, 6.07) is 14.1. The second-order valence-electron chi connectivity index (χ2n) is 8.22. The Morgan fingerprint density at radius 1 is 1.23 bits per heavy atom. The summed E-state index contributed by atoms with van der Waals surface area (Å²) in [6.07, 6.45) is 0.208. The molecule has 0 spiro atoms. The fraction of sp³-hybridized carbons (Fsp3) is 0.269. The first-order chi connectivity index (χ1) is 16.8. The van der Waals surface area contributed by atoms with Crippen molar-refractivity contribution >= 4 is 46.0 Å². The van der Waals surface area contributed by atoms with Gasteiger partial charge in [-0.3, -0.25) is 9.59 Å². The van der Waals surface area contributed by atoms with E-state index in [1.54, 1.807) is 49.4 Å². The highest BCUT2D eigenvalue weighted by Gasteiger charge is 2.40. The van der Waals surface area contributed by atoms with Crippen molar-refractivity contribution in [3.8, 4) is 5.75 Å². The Bertz CT molecular complexity index is 1240. The summed E-state index contributed by atoms with van der Waals surface area (Å²) in [5.74, 6) is 0.433. The van der Waals surface area contributed by atoms with Crippen molar-refractivity contribution in [1.29, 1.82) is 0 Å². The number of anilines is 1. The number of carbonyl (C=O) groups excluding carboxylic acids is 2. The van der Waals surface area contributed by atoms with Crippen molar-refractivity contribution in [2.75, 3.05) is 26.0 Å². The molecule has 0 saturated carbocycles. The molecule has 2 aliphatic rings. The molecular weight excluding hydrogens is 484 g/mol. The average Bonchev–Trinajstić information content (AvgIpc) is 3.24. The van der Waals surface area contributed by atoms with E-state index in [-0.39, 0.29) is 18.2 Å². The molecule has 1 atom stereocenters. The van der Waals surface area contributed by atoms with E-state index in [0.717, 1.165) is 16.4 Å². The molecule has 0 aromatic heterocycles. The highest BCUT2D eigenvalue weighted by atomic mass is 35.5. The molecule has 4 rings (SSSR count). The molecule has 1 unspecified atom stereocenters. The maximum atomic E-state index is 13.6. The molecule has 0 saturated heterocycles. The number of hydrogen-bond acceptors (Lipinski definition) is 6. The first-order valence-corrected chi connectivity index (χ1v) is 12.5. The molecule has 7 nitrogen and oxygen atoms in total. The minimum Gasteiger partial charge on any atom is -0.497 e. The van der Waals surface area contributed by atoms with Crippen LogP contribution in [0, 0.1) is 0 Å². The summed E-state index contributed by atoms with van der Waals surface area (Å²) in [7, 11) is 3.37. The fourth-order valence-electron chi connectivity index (χ4n) is 3.99. The number of rotatable bonds is 7. The van der Waals surface area contributed by atoms with E-state index in [4.69, 9.17) is 21.3 Å². The second kappa shape index (κ2) is 10.6. The lowest BCUT2D eigenvalue weighted by atomic mass is 9.93. The van der Waals surface area contributed by atoms with Gasteiger partial charge in [0.1, 0.15) is 5.75 Å². The van der Waals surface area contributed by atoms with Crippen LogP contribution < -0.4 is 10.1 Å². The van der Waals surface area contributed by atoms with Crippen LogP contribution in [0.3, 0.4) is 0 Å². The smallest absolute Gasteiger partial charge is 0.255 e. The van der Waals surface area contributed by atoms with Crippen LogP contribution in [-0.4, -0.2) is 47.5 Å². The minimum absolute atomic E-state index is 0.000883. The summed E-state index contributed by atoms with van der Waals surface area (Å²) in [5, 5.41) is 6.23. The van der Waals surface area contributed by atoms with E-state index in [0.29, 0.717) is 34.3 Å². The number of carbonyl (C=O) groups is 2. The molecule has 2 amide bonds. The summed E-state index contributed by atoms with van der Waals surface area (Å²) < 4.78 is 5.21. The maximum Gasteiger partial charge on any atom is 0.255 e. The molecule has 1 N–H and O–H groups in total. The number of amidine groups is 1. The Labute approximate surface area is 214 Å². The lowest BCUT2D eigenvalue weighted by Gasteiger charge is -2.37. The molecule has 2 aromatic rings. The molecule has 182 valence electrons. The van der Waals surface area contributed by atoms with Crippen LogP contribution >= 0.6 is 23.4 Å². The maximum absolute atomic E-state index is 13.6. The second-order valence-corrected chi connectivity index (χ2v) is 9.49. The SMILES string of the molecule is CCN(C)C(=O)CC1=CSC2=NC(C)=C(C(=O)Nc3ccc(OC)cc3)C(c3cccc(Cl)c3)N12. The van der Waals surface area contributed by atoms with Gasteiger partial charge in [0.05, 0.1) is 30.8 Å². The Morgan fingerprint density at radius 2 is 1.97 bits per heavy atom. The molecule has 2 aromatic carbocycles. The third kappa shape index (κ3) is 5.23. The van der Waals surface area contributed by atoms with E-state index >= 15 is 0 Å². The third-order valence-corrected chi connectivity index (χ3v) is 7.11. The van der Waals surface area contributed by atoms with Crippen molar-refractivity contribution < 1.29 is 14.3 Å². The van der Waals surface area contributed by atoms with Gasteiger partial charge in [-0.05, 0) is 61.2 Å². The van der Waals surface area contributed by atoms with Crippen molar-refractivity contribution in [1.82, 2.24) is 9.80 Å². The molecule has 9 heteroatoms. The third-order valence-electron chi connectivity index (χ3n) is 5.99. The number of halogens is 1. The Hall–Kier alpha value is -3.23. The molecule has 2 aliphatic heterocycles. The predicted molar refractivity (Wildman–Crippen MR) is 141 cm³/mol. The van der Waals surface area contributed by atoms with E-state index in [2.05, 4.69) is 5.32 Å². The van der Waals surface area contributed by atoms with Crippen molar-refractivity contribution in [2.45, 2.75) is 26.3 Å². The number of benzene rings is 2. The number of methoxy groups -OCH3 is 1. The van der Waals surface area contributed by atoms with Gasteiger partial charge in [0.2, 0.25) is 5.91 Å². The van der Waals surface area contributed by atoms with Gasteiger partial charge in [-0.15, -0.1) is 0 Å². The Balaban J connectivity index is 1.73. The molecule has 0 aliphatic carbocycles. The molecule has 35 heavy (non-hydrogen) atoms. The molecule has 0 bridgehead atoms. The number of allylic oxidation sites excluding steroid dienone is 1. The average molecular weight is 511 g/mol. The number of amides is 2. The normalized spacial score (nSPS) is 16.9. The minimum atomic E-state index is -0.486. The Kier molecular flexibility index (Phi) is 7.52. The number of thioether (sulfide) groups is 1. The number of nitrogens with one attached hydrogen (secondary N) is 1. The van der Waals surface area contributed by atoms with Crippen molar-refractivity contribution in [3.05, 3.63) is 81.5 Å². The Morgan fingerprint density at radius 3 is 2.63 bits per heavy atom. The van der Waals surface area contributed by atoms with Gasteiger partial charge in [-0.1, -0.05) is 35.5 Å².